The molecule has 2 unspecified atom stereocenters. The van der Waals surface area contributed by atoms with Crippen LogP contribution in [0.25, 0.3) is 12.2 Å². The number of halogens is 2. The van der Waals surface area contributed by atoms with Gasteiger partial charge in [0.1, 0.15) is 0 Å². The van der Waals surface area contributed by atoms with Crippen LogP contribution in [0.4, 0.5) is 0 Å². The number of allylic oxidation sites excluding steroid dienone is 2. The summed E-state index contributed by atoms with van der Waals surface area (Å²) < 4.78 is 1.53. The van der Waals surface area contributed by atoms with Gasteiger partial charge in [-0.05, 0) is 0 Å². The Labute approximate surface area is 165 Å². The van der Waals surface area contributed by atoms with Crippen LogP contribution in [0.15, 0.2) is 59.7 Å². The number of hydrogen-bond acceptors (Lipinski definition) is 0. The van der Waals surface area contributed by atoms with Crippen LogP contribution >= 0.6 is 0 Å². The molecule has 2 aromatic carbocycles. The molecule has 2 aromatic rings. The average molecular weight is 408 g/mol. The van der Waals surface area contributed by atoms with Crippen LogP contribution in [-0.2, 0) is 17.1 Å². The Kier molecular flexibility index (Phi) is 6.39. The van der Waals surface area contributed by atoms with Gasteiger partial charge in [0.05, 0.1) is 0 Å². The summed E-state index contributed by atoms with van der Waals surface area (Å²) in [6.45, 7) is 4.71. The van der Waals surface area contributed by atoms with Crippen LogP contribution in [0.1, 0.15) is 44.5 Å². The molecule has 0 spiro atoms. The molecule has 4 rings (SSSR count). The molecule has 0 aromatic heterocycles. The Bertz CT molecular complexity index is 745. The first-order valence-electron chi connectivity index (χ1n) is 8.04. The van der Waals surface area contributed by atoms with Crippen LogP contribution < -0.4 is 24.8 Å². The molecule has 0 heterocycles. The molecule has 0 fully saturated rings. The van der Waals surface area contributed by atoms with Gasteiger partial charge in [-0.1, -0.05) is 0 Å². The predicted molar refractivity (Wildman–Crippen MR) is 95.6 cm³/mol. The van der Waals surface area contributed by atoms with Crippen LogP contribution in [0, 0.1) is 0 Å². The second kappa shape index (κ2) is 7.76. The summed E-state index contributed by atoms with van der Waals surface area (Å²) in [5.74, 6) is 0. The molecular weight excluding hydrogens is 387 g/mol. The molecule has 24 heavy (non-hydrogen) atoms. The number of benzene rings is 2. The molecule has 0 amide bonds. The van der Waals surface area contributed by atoms with Crippen molar-refractivity contribution in [1.82, 2.24) is 0 Å². The maximum absolute atomic E-state index is 2.44. The van der Waals surface area contributed by atoms with Crippen molar-refractivity contribution >= 4 is 20.3 Å². The Hall–Kier alpha value is -0.569. The summed E-state index contributed by atoms with van der Waals surface area (Å²) in [5.41, 5.74) is 9.40. The number of rotatable bonds is 2. The van der Waals surface area contributed by atoms with Gasteiger partial charge in [0.25, 0.3) is 0 Å². The van der Waals surface area contributed by atoms with E-state index in [-0.39, 0.29) is 24.8 Å². The quantitative estimate of drug-likeness (QED) is 0.516. The third-order valence-electron chi connectivity index (χ3n) is 5.20. The minimum Gasteiger partial charge on any atom is -1.00 e. The number of hydrogen-bond donors (Lipinski definition) is 0. The zero-order valence-electron chi connectivity index (χ0n) is 14.2. The largest absolute Gasteiger partial charge is 1.00 e. The predicted octanol–water partition coefficient (Wildman–Crippen LogP) is -1.79. The van der Waals surface area contributed by atoms with Crippen molar-refractivity contribution in [3.05, 3.63) is 81.9 Å². The molecule has 0 aliphatic heterocycles. The van der Waals surface area contributed by atoms with E-state index in [1.807, 2.05) is 0 Å². The molecule has 0 nitrogen and oxygen atoms in total. The Balaban J connectivity index is 0.00000104. The molecule has 0 N–H and O–H groups in total. The molecule has 0 saturated heterocycles. The summed E-state index contributed by atoms with van der Waals surface area (Å²) >= 11 is -1.22. The van der Waals surface area contributed by atoms with Crippen LogP contribution in [0.3, 0.4) is 0 Å². The van der Waals surface area contributed by atoms with Crippen molar-refractivity contribution in [3.63, 3.8) is 0 Å². The van der Waals surface area contributed by atoms with E-state index >= 15 is 0 Å². The van der Waals surface area contributed by atoms with E-state index in [2.05, 4.69) is 74.5 Å². The average Bonchev–Trinajstić information content (AvgIpc) is 3.01. The maximum atomic E-state index is 2.44. The smallest absolute Gasteiger partial charge is 1.00 e. The third kappa shape index (κ3) is 3.13. The standard InChI is InChI=1S/2C10H9.2ClH.H3Si.Ti/c2*1-8-6-9-4-2-3-5-10(9)7-8;;;;/h2*2-7H,1H3;2*1H;1H3;/q;;;;;+2/p-2. The Morgan fingerprint density at radius 1 is 0.708 bits per heavy atom. The molecule has 2 aliphatic rings. The molecule has 4 heteroatoms. The van der Waals surface area contributed by atoms with Crippen LogP contribution in [-0.4, -0.2) is 8.11 Å². The summed E-state index contributed by atoms with van der Waals surface area (Å²) in [7, 11) is 1.37. The molecule has 2 atom stereocenters. The van der Waals surface area contributed by atoms with Gasteiger partial charge in [-0.2, -0.15) is 0 Å². The second-order valence-electron chi connectivity index (χ2n) is 6.64. The fourth-order valence-corrected chi connectivity index (χ4v) is 16.0. The SMILES string of the molecule is CC1=Cc2ccccc2[CH]1[Ti+2]([SiH3])[CH]1C(C)=Cc2ccccc21.[Cl-].[Cl-]. The first-order chi connectivity index (χ1) is 10.7. The molecule has 0 saturated carbocycles. The van der Waals surface area contributed by atoms with Gasteiger partial charge < -0.3 is 24.8 Å². The topological polar surface area (TPSA) is 0 Å². The molecule has 0 bridgehead atoms. The van der Waals surface area contributed by atoms with Crippen molar-refractivity contribution in [3.8, 4) is 0 Å². The maximum Gasteiger partial charge on any atom is -1.00 e. The van der Waals surface area contributed by atoms with E-state index in [0.29, 0.717) is 0 Å². The first kappa shape index (κ1) is 19.8. The van der Waals surface area contributed by atoms with E-state index in [4.69, 9.17) is 0 Å². The Morgan fingerprint density at radius 3 is 1.50 bits per heavy atom. The van der Waals surface area contributed by atoms with Gasteiger partial charge in [0.2, 0.25) is 0 Å². The van der Waals surface area contributed by atoms with Gasteiger partial charge in [0, 0.05) is 0 Å². The van der Waals surface area contributed by atoms with Crippen molar-refractivity contribution in [2.24, 2.45) is 0 Å². The minimum atomic E-state index is -1.22. The van der Waals surface area contributed by atoms with Gasteiger partial charge in [0.15, 0.2) is 0 Å². The summed E-state index contributed by atoms with van der Waals surface area (Å²) in [6, 6.07) is 18.1. The van der Waals surface area contributed by atoms with E-state index < -0.39 is 17.1 Å². The van der Waals surface area contributed by atoms with Crippen molar-refractivity contribution < 1.29 is 41.9 Å². The van der Waals surface area contributed by atoms with Gasteiger partial charge in [-0.15, -0.1) is 0 Å². The molecule has 0 radical (unpaired) electrons. The van der Waals surface area contributed by atoms with Gasteiger partial charge in [-0.3, -0.25) is 0 Å². The van der Waals surface area contributed by atoms with Crippen molar-refractivity contribution in [1.29, 1.82) is 0 Å². The summed E-state index contributed by atoms with van der Waals surface area (Å²) in [5, 5.41) is 0. The van der Waals surface area contributed by atoms with E-state index in [1.165, 1.54) is 19.2 Å². The fraction of sp³-hybridized carbons (Fsp3) is 0.200. The fourth-order valence-electron chi connectivity index (χ4n) is 4.33. The zero-order chi connectivity index (χ0) is 15.3. The Morgan fingerprint density at radius 2 is 1.08 bits per heavy atom. The normalized spacial score (nSPS) is 20.2. The third-order valence-corrected chi connectivity index (χ3v) is 15.2. The first-order valence-corrected chi connectivity index (χ1v) is 15.5. The second-order valence-corrected chi connectivity index (χ2v) is 15.5. The van der Waals surface area contributed by atoms with Gasteiger partial charge >= 0.3 is 142 Å². The molecule has 123 valence electrons. The van der Waals surface area contributed by atoms with Crippen molar-refractivity contribution in [2.45, 2.75) is 22.3 Å². The zero-order valence-corrected chi connectivity index (χ0v) is 19.3. The van der Waals surface area contributed by atoms with Crippen LogP contribution in [0.5, 0.6) is 0 Å². The number of fused-ring (bicyclic) bond motifs is 2. The van der Waals surface area contributed by atoms with E-state index in [9.17, 15) is 0 Å². The van der Waals surface area contributed by atoms with Gasteiger partial charge in [-0.25, -0.2) is 0 Å². The van der Waals surface area contributed by atoms with E-state index in [1.54, 1.807) is 22.3 Å². The summed E-state index contributed by atoms with van der Waals surface area (Å²) in [4.78, 5) is 0. The molecular formula is C20H21Cl2SiTi. The van der Waals surface area contributed by atoms with E-state index in [0.717, 1.165) is 8.45 Å². The van der Waals surface area contributed by atoms with Crippen molar-refractivity contribution in [2.75, 3.05) is 0 Å². The monoisotopic (exact) mass is 407 g/mol. The summed E-state index contributed by atoms with van der Waals surface area (Å²) in [6.07, 6.45) is 4.87. The molecule has 2 aliphatic carbocycles. The minimum absolute atomic E-state index is 0. The van der Waals surface area contributed by atoms with Crippen LogP contribution in [0.2, 0.25) is 0 Å².